The van der Waals surface area contributed by atoms with Crippen LogP contribution in [-0.4, -0.2) is 6.04 Å². The predicted molar refractivity (Wildman–Crippen MR) is 85.0 cm³/mol. The molecule has 2 atom stereocenters. The molecule has 0 spiro atoms. The first-order valence-corrected chi connectivity index (χ1v) is 7.92. The largest absolute Gasteiger partial charge is 0.382 e. The normalized spacial score (nSPS) is 22.6. The van der Waals surface area contributed by atoms with Crippen molar-refractivity contribution in [2.24, 2.45) is 11.8 Å². The number of hydrogen-bond donors (Lipinski definition) is 1. The van der Waals surface area contributed by atoms with E-state index in [9.17, 15) is 0 Å². The summed E-state index contributed by atoms with van der Waals surface area (Å²) >= 11 is 5.97. The summed E-state index contributed by atoms with van der Waals surface area (Å²) in [7, 11) is 0. The Bertz CT molecular complexity index is 490. The minimum atomic E-state index is 0.527. The van der Waals surface area contributed by atoms with E-state index in [1.165, 1.54) is 32.1 Å². The molecule has 20 heavy (non-hydrogen) atoms. The lowest BCUT2D eigenvalue weighted by atomic mass is 9.81. The monoisotopic (exact) mass is 290 g/mol. The number of hydrogen-bond acceptors (Lipinski definition) is 2. The number of halogens is 1. The van der Waals surface area contributed by atoms with Gasteiger partial charge in [0.2, 0.25) is 0 Å². The highest BCUT2D eigenvalue weighted by Crippen LogP contribution is 2.31. The van der Waals surface area contributed by atoms with Gasteiger partial charge in [0.1, 0.15) is 6.07 Å². The zero-order valence-corrected chi connectivity index (χ0v) is 13.1. The van der Waals surface area contributed by atoms with Crippen LogP contribution < -0.4 is 5.32 Å². The lowest BCUT2D eigenvalue weighted by molar-refractivity contribution is 0.289. The third-order valence-electron chi connectivity index (χ3n) is 4.05. The van der Waals surface area contributed by atoms with Gasteiger partial charge in [-0.05, 0) is 49.3 Å². The average molecular weight is 291 g/mol. The van der Waals surface area contributed by atoms with Gasteiger partial charge in [0.15, 0.2) is 0 Å². The lowest BCUT2D eigenvalue weighted by Crippen LogP contribution is -2.28. The molecule has 0 saturated heterocycles. The van der Waals surface area contributed by atoms with E-state index in [4.69, 9.17) is 16.9 Å². The summed E-state index contributed by atoms with van der Waals surface area (Å²) in [5, 5.41) is 13.1. The average Bonchev–Trinajstić information content (AvgIpc) is 2.40. The molecule has 1 N–H and O–H groups in total. The fraction of sp³-hybridized carbons (Fsp3) is 0.588. The summed E-state index contributed by atoms with van der Waals surface area (Å²) in [6, 6.07) is 8.29. The summed E-state index contributed by atoms with van der Waals surface area (Å²) in [5.41, 5.74) is 1.56. The van der Waals surface area contributed by atoms with Gasteiger partial charge >= 0.3 is 0 Å². The molecule has 0 aromatic heterocycles. The molecule has 0 amide bonds. The van der Waals surface area contributed by atoms with E-state index in [-0.39, 0.29) is 0 Å². The highest BCUT2D eigenvalue weighted by atomic mass is 35.5. The molecule has 108 valence electrons. The van der Waals surface area contributed by atoms with Gasteiger partial charge in [-0.3, -0.25) is 0 Å². The van der Waals surface area contributed by atoms with Gasteiger partial charge < -0.3 is 5.32 Å². The van der Waals surface area contributed by atoms with Crippen LogP contribution in [0.15, 0.2) is 18.2 Å². The molecule has 1 saturated carbocycles. The molecule has 1 aromatic rings. The van der Waals surface area contributed by atoms with Crippen molar-refractivity contribution >= 4 is 17.3 Å². The molecule has 0 bridgehead atoms. The fourth-order valence-electron chi connectivity index (χ4n) is 3.24. The summed E-state index contributed by atoms with van der Waals surface area (Å²) in [6.45, 7) is 4.60. The van der Waals surface area contributed by atoms with E-state index in [1.807, 2.05) is 12.1 Å². The summed E-state index contributed by atoms with van der Waals surface area (Å²) in [5.74, 6) is 1.61. The lowest BCUT2D eigenvalue weighted by Gasteiger charge is -2.31. The second kappa shape index (κ2) is 6.99. The molecule has 1 aromatic carbocycles. The van der Waals surface area contributed by atoms with Gasteiger partial charge in [-0.15, -0.1) is 0 Å². The van der Waals surface area contributed by atoms with Crippen LogP contribution in [0.4, 0.5) is 5.69 Å². The molecule has 0 heterocycles. The van der Waals surface area contributed by atoms with Crippen LogP contribution in [0.25, 0.3) is 0 Å². The van der Waals surface area contributed by atoms with Crippen LogP contribution in [0.2, 0.25) is 5.02 Å². The topological polar surface area (TPSA) is 35.8 Å². The number of nitrogens with zero attached hydrogens (tertiary/aromatic N) is 1. The molecule has 3 heteroatoms. The molecular formula is C17H23ClN2. The highest BCUT2D eigenvalue weighted by Gasteiger charge is 2.22. The quantitative estimate of drug-likeness (QED) is 0.824. The third kappa shape index (κ3) is 4.15. The van der Waals surface area contributed by atoms with Crippen LogP contribution in [-0.2, 0) is 0 Å². The first-order chi connectivity index (χ1) is 9.58. The standard InChI is InChI=1S/C17H23ClN2/c1-12(2)8-13-4-3-5-15(9-13)20-16-6-7-17(18)14(10-16)11-19/h6-7,10,12-13,15,20H,3-5,8-9H2,1-2H3. The van der Waals surface area contributed by atoms with E-state index >= 15 is 0 Å². The Morgan fingerprint density at radius 2 is 2.20 bits per heavy atom. The van der Waals surface area contributed by atoms with Crippen LogP contribution in [0.1, 0.15) is 51.5 Å². The first kappa shape index (κ1) is 15.2. The van der Waals surface area contributed by atoms with Gasteiger partial charge in [-0.1, -0.05) is 38.3 Å². The smallest absolute Gasteiger partial charge is 0.101 e. The van der Waals surface area contributed by atoms with E-state index in [2.05, 4.69) is 25.2 Å². The molecule has 0 aliphatic heterocycles. The number of nitriles is 1. The van der Waals surface area contributed by atoms with Crippen LogP contribution in [0, 0.1) is 23.2 Å². The molecular weight excluding hydrogens is 268 g/mol. The highest BCUT2D eigenvalue weighted by molar-refractivity contribution is 6.31. The van der Waals surface area contributed by atoms with Crippen molar-refractivity contribution in [3.8, 4) is 6.07 Å². The van der Waals surface area contributed by atoms with Crippen molar-refractivity contribution in [1.29, 1.82) is 5.26 Å². The van der Waals surface area contributed by atoms with Crippen LogP contribution >= 0.6 is 11.6 Å². The second-order valence-corrected chi connectivity index (χ2v) is 6.72. The van der Waals surface area contributed by atoms with E-state index in [0.717, 1.165) is 17.5 Å². The van der Waals surface area contributed by atoms with Gasteiger partial charge in [-0.2, -0.15) is 5.26 Å². The number of nitrogens with one attached hydrogen (secondary N) is 1. The summed E-state index contributed by atoms with van der Waals surface area (Å²) in [4.78, 5) is 0. The molecule has 1 aliphatic rings. The Kier molecular flexibility index (Phi) is 5.31. The Morgan fingerprint density at radius 3 is 2.90 bits per heavy atom. The zero-order valence-electron chi connectivity index (χ0n) is 12.3. The Hall–Kier alpha value is -1.20. The number of benzene rings is 1. The molecule has 2 nitrogen and oxygen atoms in total. The van der Waals surface area contributed by atoms with E-state index in [1.54, 1.807) is 6.07 Å². The van der Waals surface area contributed by atoms with Gasteiger partial charge in [0.25, 0.3) is 0 Å². The second-order valence-electron chi connectivity index (χ2n) is 6.31. The zero-order chi connectivity index (χ0) is 14.5. The minimum Gasteiger partial charge on any atom is -0.382 e. The van der Waals surface area contributed by atoms with Crippen molar-refractivity contribution in [3.63, 3.8) is 0 Å². The van der Waals surface area contributed by atoms with Crippen molar-refractivity contribution in [3.05, 3.63) is 28.8 Å². The molecule has 1 fully saturated rings. The van der Waals surface area contributed by atoms with Crippen molar-refractivity contribution in [2.45, 2.75) is 52.0 Å². The Labute approximate surface area is 127 Å². The van der Waals surface area contributed by atoms with E-state index < -0.39 is 0 Å². The maximum atomic E-state index is 9.03. The fourth-order valence-corrected chi connectivity index (χ4v) is 3.40. The van der Waals surface area contributed by atoms with Crippen molar-refractivity contribution in [2.75, 3.05) is 5.32 Å². The van der Waals surface area contributed by atoms with Crippen molar-refractivity contribution < 1.29 is 0 Å². The molecule has 0 radical (unpaired) electrons. The minimum absolute atomic E-state index is 0.527. The summed E-state index contributed by atoms with van der Waals surface area (Å²) in [6.07, 6.45) is 6.44. The van der Waals surface area contributed by atoms with Gasteiger partial charge in [0.05, 0.1) is 10.6 Å². The molecule has 1 aliphatic carbocycles. The maximum Gasteiger partial charge on any atom is 0.101 e. The van der Waals surface area contributed by atoms with Crippen molar-refractivity contribution in [1.82, 2.24) is 0 Å². The Balaban J connectivity index is 1.97. The van der Waals surface area contributed by atoms with Crippen LogP contribution in [0.3, 0.4) is 0 Å². The SMILES string of the molecule is CC(C)CC1CCCC(Nc2ccc(Cl)c(C#N)c2)C1. The first-order valence-electron chi connectivity index (χ1n) is 7.54. The molecule has 2 unspecified atom stereocenters. The number of anilines is 1. The Morgan fingerprint density at radius 1 is 1.40 bits per heavy atom. The maximum absolute atomic E-state index is 9.03. The van der Waals surface area contributed by atoms with Gasteiger partial charge in [-0.25, -0.2) is 0 Å². The predicted octanol–water partition coefficient (Wildman–Crippen LogP) is 5.23. The van der Waals surface area contributed by atoms with Gasteiger partial charge in [0, 0.05) is 11.7 Å². The van der Waals surface area contributed by atoms with Crippen LogP contribution in [0.5, 0.6) is 0 Å². The molecule has 2 rings (SSSR count). The number of rotatable bonds is 4. The third-order valence-corrected chi connectivity index (χ3v) is 4.37. The van der Waals surface area contributed by atoms with E-state index in [0.29, 0.717) is 16.6 Å². The summed E-state index contributed by atoms with van der Waals surface area (Å²) < 4.78 is 0.